The first-order valence-corrected chi connectivity index (χ1v) is 12.4. The van der Waals surface area contributed by atoms with Crippen LogP contribution in [0.4, 0.5) is 0 Å². The molecule has 0 heterocycles. The van der Waals surface area contributed by atoms with Crippen LogP contribution in [0.5, 0.6) is 0 Å². The molecule has 0 radical (unpaired) electrons. The zero-order valence-corrected chi connectivity index (χ0v) is 18.8. The van der Waals surface area contributed by atoms with Crippen molar-refractivity contribution >= 4 is 31.9 Å². The van der Waals surface area contributed by atoms with Crippen LogP contribution in [0.25, 0.3) is 0 Å². The van der Waals surface area contributed by atoms with Crippen molar-refractivity contribution in [2.45, 2.75) is 62.4 Å². The van der Waals surface area contributed by atoms with Crippen LogP contribution < -0.4 is 10.0 Å². The number of amides is 1. The van der Waals surface area contributed by atoms with E-state index in [9.17, 15) is 13.2 Å². The Bertz CT molecular complexity index is 904. The summed E-state index contributed by atoms with van der Waals surface area (Å²) in [6, 6.07) is 13.8. The number of carbonyl (C=O) groups excluding carboxylic acids is 1. The smallest absolute Gasteiger partial charge is 0.251 e. The van der Waals surface area contributed by atoms with Gasteiger partial charge in [-0.25, -0.2) is 13.1 Å². The molecule has 5 nitrogen and oxygen atoms in total. The second-order valence-electron chi connectivity index (χ2n) is 7.49. The molecule has 1 amide bonds. The fourth-order valence-electron chi connectivity index (χ4n) is 3.52. The van der Waals surface area contributed by atoms with Gasteiger partial charge < -0.3 is 5.32 Å². The summed E-state index contributed by atoms with van der Waals surface area (Å²) in [5.41, 5.74) is 1.40. The summed E-state index contributed by atoms with van der Waals surface area (Å²) in [6.45, 7) is 0.170. The first-order chi connectivity index (χ1) is 13.9. The molecule has 1 fully saturated rings. The van der Waals surface area contributed by atoms with Gasteiger partial charge in [-0.3, -0.25) is 4.79 Å². The van der Waals surface area contributed by atoms with Crippen molar-refractivity contribution in [3.63, 3.8) is 0 Å². The van der Waals surface area contributed by atoms with Crippen LogP contribution in [0.15, 0.2) is 57.9 Å². The van der Waals surface area contributed by atoms with E-state index in [0.717, 1.165) is 22.9 Å². The predicted octanol–water partition coefficient (Wildman–Crippen LogP) is 4.77. The van der Waals surface area contributed by atoms with Gasteiger partial charge in [-0.2, -0.15) is 0 Å². The highest BCUT2D eigenvalue weighted by Gasteiger charge is 2.16. The fourth-order valence-corrected chi connectivity index (χ4v) is 4.80. The number of benzene rings is 2. The highest BCUT2D eigenvalue weighted by Crippen LogP contribution is 2.18. The van der Waals surface area contributed by atoms with Crippen LogP contribution in [-0.4, -0.2) is 20.4 Å². The summed E-state index contributed by atoms with van der Waals surface area (Å²) in [7, 11) is -3.58. The van der Waals surface area contributed by atoms with Crippen LogP contribution in [-0.2, 0) is 16.6 Å². The van der Waals surface area contributed by atoms with E-state index in [1.165, 1.54) is 32.1 Å². The average molecular weight is 479 g/mol. The molecule has 0 aliphatic heterocycles. The van der Waals surface area contributed by atoms with Gasteiger partial charge in [0.2, 0.25) is 10.0 Å². The average Bonchev–Trinajstić information content (AvgIpc) is 2.69. The minimum Gasteiger partial charge on any atom is -0.349 e. The van der Waals surface area contributed by atoms with Crippen LogP contribution in [0.1, 0.15) is 60.9 Å². The van der Waals surface area contributed by atoms with Gasteiger partial charge in [0.25, 0.3) is 5.91 Å². The van der Waals surface area contributed by atoms with Crippen LogP contribution >= 0.6 is 15.9 Å². The molecule has 0 atom stereocenters. The van der Waals surface area contributed by atoms with Crippen LogP contribution in [0, 0.1) is 0 Å². The van der Waals surface area contributed by atoms with Gasteiger partial charge in [-0.15, -0.1) is 0 Å². The van der Waals surface area contributed by atoms with Crippen molar-refractivity contribution < 1.29 is 13.2 Å². The first kappa shape index (κ1) is 22.0. The minimum absolute atomic E-state index is 0.0578. The third kappa shape index (κ3) is 6.66. The molecule has 1 aliphatic rings. The second-order valence-corrected chi connectivity index (χ2v) is 10.2. The Hall–Kier alpha value is -1.70. The van der Waals surface area contributed by atoms with Gasteiger partial charge in [-0.05, 0) is 54.8 Å². The Kier molecular flexibility index (Phi) is 7.86. The quantitative estimate of drug-likeness (QED) is 0.627. The maximum Gasteiger partial charge on any atom is 0.251 e. The lowest BCUT2D eigenvalue weighted by molar-refractivity contribution is 0.0930. The van der Waals surface area contributed by atoms with Gasteiger partial charge >= 0.3 is 0 Å². The molecule has 2 aromatic carbocycles. The second kappa shape index (κ2) is 10.4. The van der Waals surface area contributed by atoms with E-state index in [2.05, 4.69) is 26.0 Å². The Balaban J connectivity index is 1.55. The molecule has 0 saturated heterocycles. The number of halogens is 1. The molecule has 156 valence electrons. The number of hydrogen-bond acceptors (Lipinski definition) is 3. The number of rotatable bonds is 6. The van der Waals surface area contributed by atoms with Crippen molar-refractivity contribution in [3.05, 3.63) is 64.1 Å². The van der Waals surface area contributed by atoms with E-state index in [4.69, 9.17) is 0 Å². The van der Waals surface area contributed by atoms with Crippen LogP contribution in [0.3, 0.4) is 0 Å². The summed E-state index contributed by atoms with van der Waals surface area (Å²) in [4.78, 5) is 12.7. The van der Waals surface area contributed by atoms with E-state index in [1.807, 2.05) is 0 Å². The third-order valence-corrected chi connectivity index (χ3v) is 7.19. The number of nitrogens with one attached hydrogen (secondary N) is 2. The van der Waals surface area contributed by atoms with Gasteiger partial charge in [0.15, 0.2) is 0 Å². The maximum absolute atomic E-state index is 12.5. The number of sulfonamides is 1. The molecule has 1 saturated carbocycles. The van der Waals surface area contributed by atoms with Gasteiger partial charge in [0, 0.05) is 22.6 Å². The zero-order valence-electron chi connectivity index (χ0n) is 16.4. The molecule has 2 aromatic rings. The molecule has 0 bridgehead atoms. The lowest BCUT2D eigenvalue weighted by Gasteiger charge is -2.21. The van der Waals surface area contributed by atoms with Gasteiger partial charge in [0.1, 0.15) is 0 Å². The topological polar surface area (TPSA) is 75.3 Å². The SMILES string of the molecule is O=C(NC1CCCCCCC1)c1ccc(CNS(=O)(=O)c2ccc(Br)cc2)cc1. The normalized spacial score (nSPS) is 16.0. The summed E-state index contributed by atoms with van der Waals surface area (Å²) in [6.07, 6.45) is 8.22. The van der Waals surface area contributed by atoms with E-state index in [1.54, 1.807) is 48.5 Å². The molecule has 3 rings (SSSR count). The molecule has 7 heteroatoms. The highest BCUT2D eigenvalue weighted by molar-refractivity contribution is 9.10. The first-order valence-electron chi connectivity index (χ1n) is 10.1. The van der Waals surface area contributed by atoms with Gasteiger partial charge in [-0.1, -0.05) is 60.2 Å². The Morgan fingerprint density at radius 3 is 2.10 bits per heavy atom. The van der Waals surface area contributed by atoms with Gasteiger partial charge in [0.05, 0.1) is 4.90 Å². The summed E-state index contributed by atoms with van der Waals surface area (Å²) in [5.74, 6) is -0.0578. The Labute approximate surface area is 181 Å². The molecule has 1 aliphatic carbocycles. The van der Waals surface area contributed by atoms with E-state index in [0.29, 0.717) is 5.56 Å². The fraction of sp³-hybridized carbons (Fsp3) is 0.409. The van der Waals surface area contributed by atoms with Crippen molar-refractivity contribution in [1.29, 1.82) is 0 Å². The summed E-state index contributed by atoms with van der Waals surface area (Å²) < 4.78 is 28.2. The van der Waals surface area contributed by atoms with Crippen molar-refractivity contribution in [3.8, 4) is 0 Å². The predicted molar refractivity (Wildman–Crippen MR) is 118 cm³/mol. The molecule has 0 unspecified atom stereocenters. The van der Waals surface area contributed by atoms with Crippen molar-refractivity contribution in [1.82, 2.24) is 10.0 Å². The Morgan fingerprint density at radius 1 is 0.897 bits per heavy atom. The molecule has 29 heavy (non-hydrogen) atoms. The summed E-state index contributed by atoms with van der Waals surface area (Å²) in [5, 5.41) is 3.15. The lowest BCUT2D eigenvalue weighted by Crippen LogP contribution is -2.35. The van der Waals surface area contributed by atoms with E-state index >= 15 is 0 Å². The van der Waals surface area contributed by atoms with E-state index < -0.39 is 10.0 Å². The maximum atomic E-state index is 12.5. The largest absolute Gasteiger partial charge is 0.349 e. The highest BCUT2D eigenvalue weighted by atomic mass is 79.9. The van der Waals surface area contributed by atoms with Crippen molar-refractivity contribution in [2.24, 2.45) is 0 Å². The number of hydrogen-bond donors (Lipinski definition) is 2. The van der Waals surface area contributed by atoms with E-state index in [-0.39, 0.29) is 23.4 Å². The lowest BCUT2D eigenvalue weighted by atomic mass is 9.96. The monoisotopic (exact) mass is 478 g/mol. The summed E-state index contributed by atoms with van der Waals surface area (Å²) >= 11 is 3.30. The molecule has 2 N–H and O–H groups in total. The number of carbonyl (C=O) groups is 1. The molecule has 0 spiro atoms. The molecular formula is C22H27BrN2O3S. The standard InChI is InChI=1S/C22H27BrN2O3S/c23-19-12-14-21(15-13-19)29(27,28)24-16-17-8-10-18(11-9-17)22(26)25-20-6-4-2-1-3-5-7-20/h8-15,20,24H,1-7,16H2,(H,25,26). The molecular weight excluding hydrogens is 452 g/mol. The minimum atomic E-state index is -3.58. The van der Waals surface area contributed by atoms with Crippen LogP contribution in [0.2, 0.25) is 0 Å². The third-order valence-electron chi connectivity index (χ3n) is 5.25. The zero-order chi connectivity index (χ0) is 20.7. The Morgan fingerprint density at radius 2 is 1.48 bits per heavy atom. The van der Waals surface area contributed by atoms with Crippen molar-refractivity contribution in [2.75, 3.05) is 0 Å². The molecule has 0 aromatic heterocycles.